The monoisotopic (exact) mass is 455 g/mol. The number of carbonyl (C=O) groups is 3. The molecule has 10 nitrogen and oxygen atoms in total. The van der Waals surface area contributed by atoms with E-state index >= 15 is 0 Å². The van der Waals surface area contributed by atoms with Crippen LogP contribution in [0.4, 0.5) is 10.5 Å². The van der Waals surface area contributed by atoms with E-state index in [1.165, 1.54) is 12.0 Å². The summed E-state index contributed by atoms with van der Waals surface area (Å²) in [6, 6.07) is 11.6. The van der Waals surface area contributed by atoms with Crippen LogP contribution in [-0.2, 0) is 9.53 Å². The van der Waals surface area contributed by atoms with Gasteiger partial charge in [0.1, 0.15) is 19.0 Å². The number of cyclic esters (lactones) is 1. The summed E-state index contributed by atoms with van der Waals surface area (Å²) >= 11 is 0. The Kier molecular flexibility index (Phi) is 7.50. The van der Waals surface area contributed by atoms with Crippen molar-refractivity contribution in [3.63, 3.8) is 0 Å². The first-order valence-corrected chi connectivity index (χ1v) is 10.3. The van der Waals surface area contributed by atoms with E-state index in [1.807, 2.05) is 0 Å². The fraction of sp³-hybridized carbons (Fsp3) is 0.304. The number of nitrogens with zero attached hydrogens (tertiary/aromatic N) is 2. The number of aliphatic imine (C=N–C) groups is 1. The van der Waals surface area contributed by atoms with Crippen molar-refractivity contribution in [3.05, 3.63) is 53.6 Å². The third-order valence-electron chi connectivity index (χ3n) is 4.94. The number of hydrogen-bond donors (Lipinski definition) is 2. The van der Waals surface area contributed by atoms with Gasteiger partial charge in [0.05, 0.1) is 13.7 Å². The lowest BCUT2D eigenvalue weighted by atomic mass is 10.1. The second-order valence-electron chi connectivity index (χ2n) is 7.22. The number of benzene rings is 2. The van der Waals surface area contributed by atoms with E-state index in [9.17, 15) is 14.4 Å². The number of ether oxygens (including phenoxy) is 3. The Morgan fingerprint density at radius 1 is 1.21 bits per heavy atom. The van der Waals surface area contributed by atoms with Gasteiger partial charge in [-0.05, 0) is 30.3 Å². The second-order valence-corrected chi connectivity index (χ2v) is 7.22. The van der Waals surface area contributed by atoms with Gasteiger partial charge in [-0.25, -0.2) is 4.79 Å². The van der Waals surface area contributed by atoms with Crippen LogP contribution < -0.4 is 20.1 Å². The van der Waals surface area contributed by atoms with E-state index in [1.54, 1.807) is 49.4 Å². The molecule has 3 N–H and O–H groups in total. The Hall–Kier alpha value is -4.08. The molecule has 0 aromatic heterocycles. The van der Waals surface area contributed by atoms with Gasteiger partial charge in [0.25, 0.3) is 0 Å². The average molecular weight is 455 g/mol. The molecule has 2 aromatic carbocycles. The number of hydrogen-bond acceptors (Lipinski definition) is 7. The number of anilines is 1. The molecule has 1 unspecified atom stereocenters. The maximum Gasteiger partial charge on any atom is 0.414 e. The molecular weight excluding hydrogens is 430 g/mol. The molecule has 2 aromatic rings. The highest BCUT2D eigenvalue weighted by atomic mass is 16.6. The van der Waals surface area contributed by atoms with Gasteiger partial charge >= 0.3 is 12.1 Å². The van der Waals surface area contributed by atoms with Crippen molar-refractivity contribution in [2.75, 3.05) is 31.7 Å². The molecule has 1 aliphatic heterocycles. The first-order valence-electron chi connectivity index (χ1n) is 10.3. The molecule has 1 atom stereocenters. The van der Waals surface area contributed by atoms with Crippen LogP contribution in [0.25, 0.3) is 0 Å². The minimum atomic E-state index is -1.09. The molecule has 0 spiro atoms. The van der Waals surface area contributed by atoms with Crippen molar-refractivity contribution in [1.82, 2.24) is 0 Å². The van der Waals surface area contributed by atoms with Crippen LogP contribution in [0.5, 0.6) is 11.5 Å². The molecule has 0 bridgehead atoms. The zero-order chi connectivity index (χ0) is 24.0. The first kappa shape index (κ1) is 23.6. The summed E-state index contributed by atoms with van der Waals surface area (Å²) in [7, 11) is 1.48. The summed E-state index contributed by atoms with van der Waals surface area (Å²) in [6.45, 7) is 1.66. The zero-order valence-corrected chi connectivity index (χ0v) is 18.3. The maximum absolute atomic E-state index is 12.4. The molecule has 0 aliphatic carbocycles. The number of amidine groups is 1. The van der Waals surface area contributed by atoms with Gasteiger partial charge in [0, 0.05) is 23.2 Å². The van der Waals surface area contributed by atoms with E-state index in [0.29, 0.717) is 34.7 Å². The van der Waals surface area contributed by atoms with Gasteiger partial charge in [0.2, 0.25) is 0 Å². The van der Waals surface area contributed by atoms with E-state index < -0.39 is 24.7 Å². The van der Waals surface area contributed by atoms with Gasteiger partial charge in [-0.2, -0.15) is 0 Å². The van der Waals surface area contributed by atoms with Crippen LogP contribution >= 0.6 is 0 Å². The lowest BCUT2D eigenvalue weighted by Crippen LogP contribution is -2.27. The van der Waals surface area contributed by atoms with E-state index in [2.05, 4.69) is 4.99 Å². The average Bonchev–Trinajstić information content (AvgIpc) is 3.20. The van der Waals surface area contributed by atoms with E-state index in [-0.39, 0.29) is 24.8 Å². The molecule has 33 heavy (non-hydrogen) atoms. The zero-order valence-electron chi connectivity index (χ0n) is 18.3. The smallest absolute Gasteiger partial charge is 0.414 e. The predicted octanol–water partition coefficient (Wildman–Crippen LogP) is 2.48. The van der Waals surface area contributed by atoms with Crippen LogP contribution in [-0.4, -0.2) is 61.7 Å². The maximum atomic E-state index is 12.4. The SMILES string of the molecule is CCC(=O)c1ccc(OCC2CN(c3cccc(C(N)=NCC(=O)O)c3)C(=O)O2)c(OC)c1. The first-order chi connectivity index (χ1) is 15.8. The van der Waals surface area contributed by atoms with Crippen molar-refractivity contribution in [1.29, 1.82) is 0 Å². The molecule has 10 heteroatoms. The van der Waals surface area contributed by atoms with Gasteiger partial charge < -0.3 is 25.1 Å². The summed E-state index contributed by atoms with van der Waals surface area (Å²) in [5.74, 6) is -0.188. The van der Waals surface area contributed by atoms with Crippen LogP contribution in [0.1, 0.15) is 29.3 Å². The summed E-state index contributed by atoms with van der Waals surface area (Å²) in [5.41, 5.74) is 7.41. The molecule has 1 aliphatic rings. The number of nitrogens with two attached hydrogens (primary N) is 1. The molecular formula is C23H25N3O7. The van der Waals surface area contributed by atoms with Crippen LogP contribution in [0, 0.1) is 0 Å². The number of Topliss-reactive ketones (excluding diaryl/α,β-unsaturated/α-hetero) is 1. The summed E-state index contributed by atoms with van der Waals surface area (Å²) < 4.78 is 16.5. The lowest BCUT2D eigenvalue weighted by Gasteiger charge is -2.15. The predicted molar refractivity (Wildman–Crippen MR) is 120 cm³/mol. The van der Waals surface area contributed by atoms with Crippen LogP contribution in [0.2, 0.25) is 0 Å². The molecule has 0 radical (unpaired) electrons. The largest absolute Gasteiger partial charge is 0.493 e. The molecule has 1 fully saturated rings. The lowest BCUT2D eigenvalue weighted by molar-refractivity contribution is -0.135. The highest BCUT2D eigenvalue weighted by Gasteiger charge is 2.33. The van der Waals surface area contributed by atoms with Gasteiger partial charge in [-0.1, -0.05) is 19.1 Å². The number of amides is 1. The number of carbonyl (C=O) groups excluding carboxylic acids is 2. The molecule has 1 amide bonds. The highest BCUT2D eigenvalue weighted by Crippen LogP contribution is 2.30. The number of methoxy groups -OCH3 is 1. The number of ketones is 1. The Morgan fingerprint density at radius 2 is 2.00 bits per heavy atom. The van der Waals surface area contributed by atoms with Gasteiger partial charge in [0.15, 0.2) is 23.4 Å². The molecule has 3 rings (SSSR count). The Balaban J connectivity index is 1.67. The molecule has 174 valence electrons. The number of aliphatic carboxylic acids is 1. The van der Waals surface area contributed by atoms with E-state index in [4.69, 9.17) is 25.1 Å². The topological polar surface area (TPSA) is 141 Å². The van der Waals surface area contributed by atoms with Crippen LogP contribution in [0.15, 0.2) is 47.5 Å². The fourth-order valence-corrected chi connectivity index (χ4v) is 3.24. The third-order valence-corrected chi connectivity index (χ3v) is 4.94. The number of carboxylic acid groups (broad SMARTS) is 1. The Morgan fingerprint density at radius 3 is 2.70 bits per heavy atom. The van der Waals surface area contributed by atoms with Crippen LogP contribution in [0.3, 0.4) is 0 Å². The van der Waals surface area contributed by atoms with Crippen molar-refractivity contribution < 1.29 is 33.7 Å². The highest BCUT2D eigenvalue weighted by molar-refractivity contribution is 6.00. The van der Waals surface area contributed by atoms with Gasteiger partial charge in [-0.3, -0.25) is 19.5 Å². The van der Waals surface area contributed by atoms with Gasteiger partial charge in [-0.15, -0.1) is 0 Å². The third kappa shape index (κ3) is 5.79. The van der Waals surface area contributed by atoms with Crippen molar-refractivity contribution in [2.24, 2.45) is 10.7 Å². The normalized spacial score (nSPS) is 15.8. The summed E-state index contributed by atoms with van der Waals surface area (Å²) in [5, 5.41) is 8.75. The molecule has 1 saturated heterocycles. The number of rotatable bonds is 10. The quantitative estimate of drug-likeness (QED) is 0.316. The van der Waals surface area contributed by atoms with E-state index in [0.717, 1.165) is 0 Å². The van der Waals surface area contributed by atoms with Crippen molar-refractivity contribution in [2.45, 2.75) is 19.4 Å². The molecule has 1 heterocycles. The second kappa shape index (κ2) is 10.5. The fourth-order valence-electron chi connectivity index (χ4n) is 3.24. The standard InChI is InChI=1S/C23H25N3O7/c1-3-18(27)14-7-8-19(20(10-14)31-2)32-13-17-12-26(23(30)33-17)16-6-4-5-15(9-16)22(24)25-11-21(28)29/h4-10,17H,3,11-13H2,1-2H3,(H2,24,25)(H,28,29). The summed E-state index contributed by atoms with van der Waals surface area (Å²) in [4.78, 5) is 40.2. The number of carboxylic acids is 1. The minimum absolute atomic E-state index is 0.00362. The summed E-state index contributed by atoms with van der Waals surface area (Å²) in [6.07, 6.45) is -0.700. The molecule has 0 saturated carbocycles. The van der Waals surface area contributed by atoms with Crippen molar-refractivity contribution >= 4 is 29.4 Å². The van der Waals surface area contributed by atoms with Crippen molar-refractivity contribution in [3.8, 4) is 11.5 Å². The Bertz CT molecular complexity index is 1080. The Labute approximate surface area is 190 Å². The minimum Gasteiger partial charge on any atom is -0.493 e.